The fraction of sp³-hybridized carbons (Fsp3) is 0.446. The molecule has 32 nitrogen and oxygen atoms in total. The van der Waals surface area contributed by atoms with Gasteiger partial charge in [0.15, 0.2) is 5.78 Å². The van der Waals surface area contributed by atoms with Gasteiger partial charge < -0.3 is 99.5 Å². The molecule has 8 rings (SSSR count). The lowest BCUT2D eigenvalue weighted by Crippen LogP contribution is -2.46. The number of nitrogens with two attached hydrogens (primary N) is 1. The Bertz CT molecular complexity index is 4050. The topological polar surface area (TPSA) is 410 Å². The molecule has 2 aliphatic rings. The third-order valence-corrected chi connectivity index (χ3v) is 17.6. The second kappa shape index (κ2) is 42.1. The molecule has 33 heteroatoms. The van der Waals surface area contributed by atoms with Crippen molar-refractivity contribution in [3.63, 3.8) is 0 Å². The highest BCUT2D eigenvalue weighted by Gasteiger charge is 2.37. The average molecular weight is 1510 g/mol. The summed E-state index contributed by atoms with van der Waals surface area (Å²) in [7, 11) is 1.49. The number of alkyl carbamates (subject to hydrolysis) is 1. The fourth-order valence-corrected chi connectivity index (χ4v) is 11.9. The van der Waals surface area contributed by atoms with Crippen LogP contribution in [0.4, 0.5) is 36.4 Å². The summed E-state index contributed by atoms with van der Waals surface area (Å²) < 4.78 is 49.9. The Morgan fingerprint density at radius 3 is 2.11 bits per heavy atom. The molecule has 0 saturated heterocycles. The molecule has 0 aliphatic carbocycles. The van der Waals surface area contributed by atoms with E-state index in [1.165, 1.54) is 23.0 Å². The van der Waals surface area contributed by atoms with Crippen LogP contribution in [0.15, 0.2) is 103 Å². The number of aliphatic hydroxyl groups is 2. The summed E-state index contributed by atoms with van der Waals surface area (Å²) in [6.45, 7) is 7.26. The second-order valence-corrected chi connectivity index (χ2v) is 25.5. The lowest BCUT2D eigenvalue weighted by Gasteiger charge is -2.26. The van der Waals surface area contributed by atoms with E-state index in [9.17, 15) is 53.1 Å². The van der Waals surface area contributed by atoms with E-state index in [4.69, 9.17) is 65.1 Å². The van der Waals surface area contributed by atoms with Crippen LogP contribution in [0.2, 0.25) is 0 Å². The molecule has 4 aromatic carbocycles. The molecule has 0 saturated carbocycles. The van der Waals surface area contributed by atoms with Gasteiger partial charge in [0.25, 0.3) is 23.6 Å². The van der Waals surface area contributed by atoms with Crippen molar-refractivity contribution < 1.29 is 101 Å². The maximum atomic E-state index is 14.8. The number of aryl methyl sites for hydroxylation is 1. The molecule has 4 heterocycles. The molecule has 0 spiro atoms. The predicted molar refractivity (Wildman–Crippen MR) is 392 cm³/mol. The van der Waals surface area contributed by atoms with Crippen molar-refractivity contribution in [3.8, 4) is 11.5 Å². The normalized spacial score (nSPS) is 13.7. The number of nitrogens with one attached hydrogen (secondary N) is 5. The van der Waals surface area contributed by atoms with Gasteiger partial charge in [-0.05, 0) is 96.3 Å². The maximum Gasteiger partial charge on any atom is 0.415 e. The van der Waals surface area contributed by atoms with Crippen LogP contribution in [0.5, 0.6) is 11.5 Å². The van der Waals surface area contributed by atoms with Gasteiger partial charge in [-0.3, -0.25) is 33.7 Å². The molecule has 107 heavy (non-hydrogen) atoms. The van der Waals surface area contributed by atoms with E-state index in [1.807, 2.05) is 25.1 Å². The van der Waals surface area contributed by atoms with Gasteiger partial charge in [-0.25, -0.2) is 24.2 Å². The number of aromatic amines is 1. The predicted octanol–water partition coefficient (Wildman–Crippen LogP) is 6.41. The Balaban J connectivity index is 0.847. The van der Waals surface area contributed by atoms with Gasteiger partial charge in [-0.2, -0.15) is 0 Å². The van der Waals surface area contributed by atoms with Crippen LogP contribution < -0.4 is 41.4 Å². The van der Waals surface area contributed by atoms with Gasteiger partial charge in [0.1, 0.15) is 42.8 Å². The van der Waals surface area contributed by atoms with Crippen molar-refractivity contribution in [3.05, 3.63) is 131 Å². The van der Waals surface area contributed by atoms with Crippen LogP contribution in [0.3, 0.4) is 0 Å². The monoisotopic (exact) mass is 1510 g/mol. The summed E-state index contributed by atoms with van der Waals surface area (Å²) >= 11 is 6.70. The number of halogens is 1. The Labute approximate surface area is 622 Å². The van der Waals surface area contributed by atoms with Gasteiger partial charge in [-0.15, -0.1) is 11.6 Å². The summed E-state index contributed by atoms with van der Waals surface area (Å²) in [5.41, 5.74) is 9.35. The number of benzene rings is 4. The SMILES string of the molecule is Cc1cccc2c(OC(=O)N(CCOCCO)CCN(C)C(=O)OCc3ccc(NC(=O)[C@H](CCCNC(N)=O)CC(=O)[C@@H](NC(=O)OCCOCCN4C(=O)C=CC4=O)C(C)C)cc3)cc3c(c12)[C@H](CCl)CN3C(=O)c1cc2cc(NC(=O)c3ccc(OCCOCCOCCOCCO)cc3)ncc2[nH]1. The first-order chi connectivity index (χ1) is 51.7. The molecule has 9 N–H and O–H groups in total. The number of primary amides is 1. The van der Waals surface area contributed by atoms with Crippen molar-refractivity contribution in [1.29, 1.82) is 0 Å². The number of fused-ring (bicyclic) bond motifs is 4. The Kier molecular flexibility index (Phi) is 32.4. The zero-order chi connectivity index (χ0) is 76.8. The average Bonchev–Trinajstić information content (AvgIpc) is 1.61. The van der Waals surface area contributed by atoms with E-state index >= 15 is 0 Å². The number of ether oxygens (including phenoxy) is 9. The molecule has 6 aromatic rings. The van der Waals surface area contributed by atoms with Crippen molar-refractivity contribution in [2.75, 3.05) is 160 Å². The first-order valence-corrected chi connectivity index (χ1v) is 35.5. The summed E-state index contributed by atoms with van der Waals surface area (Å²) in [6, 6.07) is 21.7. The third-order valence-electron chi connectivity index (χ3n) is 17.2. The highest BCUT2D eigenvalue weighted by molar-refractivity contribution is 6.20. The minimum absolute atomic E-state index is 0.00126. The smallest absolute Gasteiger partial charge is 0.415 e. The molecule has 2 aliphatic heterocycles. The molecular weight excluding hydrogens is 1410 g/mol. The Morgan fingerprint density at radius 2 is 1.43 bits per heavy atom. The van der Waals surface area contributed by atoms with E-state index in [0.717, 1.165) is 33.6 Å². The fourth-order valence-electron chi connectivity index (χ4n) is 11.7. The first-order valence-electron chi connectivity index (χ1n) is 35.0. The lowest BCUT2D eigenvalue weighted by atomic mass is 9.89. The molecule has 0 bridgehead atoms. The number of hydrogen-bond acceptors (Lipinski definition) is 22. The Hall–Kier alpha value is -10.3. The number of alkyl halides is 1. The number of aromatic nitrogens is 2. The molecule has 10 amide bonds. The number of imide groups is 1. The summed E-state index contributed by atoms with van der Waals surface area (Å²) in [4.78, 5) is 144. The molecule has 3 atom stereocenters. The second-order valence-electron chi connectivity index (χ2n) is 25.2. The van der Waals surface area contributed by atoms with Crippen LogP contribution >= 0.6 is 11.6 Å². The van der Waals surface area contributed by atoms with E-state index in [-0.39, 0.29) is 154 Å². The summed E-state index contributed by atoms with van der Waals surface area (Å²) in [6.07, 6.45) is 1.53. The van der Waals surface area contributed by atoms with Crippen molar-refractivity contribution in [1.82, 2.24) is 35.3 Å². The number of Topliss-reactive ketones (excluding diaryl/α,β-unsaturated/α-hetero) is 1. The van der Waals surface area contributed by atoms with Crippen LogP contribution in [-0.4, -0.2) is 245 Å². The number of aliphatic hydroxyl groups excluding tert-OH is 2. The van der Waals surface area contributed by atoms with Crippen LogP contribution in [0.25, 0.3) is 21.7 Å². The van der Waals surface area contributed by atoms with Crippen molar-refractivity contribution in [2.45, 2.75) is 58.6 Å². The molecule has 0 fully saturated rings. The zero-order valence-corrected chi connectivity index (χ0v) is 60.9. The molecule has 0 radical (unpaired) electrons. The lowest BCUT2D eigenvalue weighted by molar-refractivity contribution is -0.137. The molecule has 0 unspecified atom stereocenters. The third kappa shape index (κ3) is 24.6. The quantitative estimate of drug-likeness (QED) is 0.0116. The summed E-state index contributed by atoms with van der Waals surface area (Å²) in [5, 5.41) is 30.8. The molecular formula is C74H92ClN11O21. The highest BCUT2D eigenvalue weighted by Crippen LogP contribution is 2.47. The summed E-state index contributed by atoms with van der Waals surface area (Å²) in [5.74, 6) is -3.28. The van der Waals surface area contributed by atoms with E-state index in [1.54, 1.807) is 85.5 Å². The standard InChI is InChI=1S/C74H92ClN11O21/c1-47(2)67(82-72(96)105-38-36-100-28-24-85-63(90)18-19-64(85)91)60(89)40-51(8-6-20-77-71(76)95)69(93)79-54-14-10-49(11-15-54)46-106-73(97)83(4)21-22-84(23-27-99-29-25-87)74(98)107-61-42-59-66(65-48(3)7-5-9-56(61)65)53(43-75)45-86(59)70(94)57-39-52-41-62(78-44-58(52)80-57)81-68(92)50-12-16-55(17-13-50)104-37-35-103-34-33-102-32-31-101-30-26-88/h5,7,9-19,39,41-42,44,47,51,53,67,80,87-88H,6,8,20-38,40,43,45-46H2,1-4H3,(H,79,93)(H,82,96)(H3,76,77,95)(H,78,81,92)/t51-,53-,67+/m1/s1. The molecule has 2 aromatic heterocycles. The van der Waals surface area contributed by atoms with Gasteiger partial charge in [0.05, 0.1) is 109 Å². The minimum Gasteiger partial charge on any atom is -0.491 e. The number of carbonyl (C=O) groups excluding carboxylic acids is 10. The number of ketones is 1. The van der Waals surface area contributed by atoms with Gasteiger partial charge in [-0.1, -0.05) is 44.2 Å². The number of carbonyl (C=O) groups is 10. The number of hydrogen-bond donors (Lipinski definition) is 8. The van der Waals surface area contributed by atoms with Crippen LogP contribution in [0.1, 0.15) is 76.6 Å². The first kappa shape index (κ1) is 82.3. The molecule has 576 valence electrons. The number of pyridine rings is 1. The Morgan fingerprint density at radius 1 is 0.757 bits per heavy atom. The number of anilines is 3. The van der Waals surface area contributed by atoms with Gasteiger partial charge in [0.2, 0.25) is 5.91 Å². The largest absolute Gasteiger partial charge is 0.491 e. The van der Waals surface area contributed by atoms with Gasteiger partial charge >= 0.3 is 24.3 Å². The zero-order valence-electron chi connectivity index (χ0n) is 60.1. The highest BCUT2D eigenvalue weighted by atomic mass is 35.5. The van der Waals surface area contributed by atoms with Crippen molar-refractivity contribution in [2.24, 2.45) is 17.6 Å². The number of H-pyrrole nitrogens is 1. The van der Waals surface area contributed by atoms with E-state index < -0.39 is 77.5 Å². The van der Waals surface area contributed by atoms with Crippen molar-refractivity contribution >= 4 is 110 Å². The van der Waals surface area contributed by atoms with Crippen LogP contribution in [-0.2, 0) is 58.9 Å². The maximum absolute atomic E-state index is 14.8. The minimum atomic E-state index is -1.04. The number of likely N-dealkylation sites (N-methyl/N-ethyl adjacent to an activating group) is 1. The van der Waals surface area contributed by atoms with Gasteiger partial charge in [0, 0.05) is 104 Å². The number of amides is 10. The van der Waals surface area contributed by atoms with E-state index in [2.05, 4.69) is 31.2 Å². The number of rotatable bonds is 44. The number of nitrogens with zero attached hydrogens (tertiary/aromatic N) is 5. The van der Waals surface area contributed by atoms with Crippen LogP contribution in [0, 0.1) is 18.8 Å². The number of urea groups is 1. The van der Waals surface area contributed by atoms with E-state index in [0.29, 0.717) is 77.6 Å².